The van der Waals surface area contributed by atoms with Gasteiger partial charge in [-0.3, -0.25) is 4.79 Å². The monoisotopic (exact) mass is 399 g/mol. The van der Waals surface area contributed by atoms with Crippen LogP contribution in [0.3, 0.4) is 0 Å². The summed E-state index contributed by atoms with van der Waals surface area (Å²) in [5.74, 6) is -0.401. The minimum absolute atomic E-state index is 0.0486. The number of amides is 1. The van der Waals surface area contributed by atoms with Crippen LogP contribution in [0.1, 0.15) is 49.9 Å². The van der Waals surface area contributed by atoms with Gasteiger partial charge in [-0.05, 0) is 94.1 Å². The SMILES string of the molecule is CCN1c2ccc(/C=C(\C#N)C(=O)Nc3ccc(C)c(C)c3)cc2C(C)=CC1(C)C. The highest BCUT2D eigenvalue weighted by molar-refractivity contribution is 6.09. The van der Waals surface area contributed by atoms with Gasteiger partial charge in [-0.15, -0.1) is 0 Å². The highest BCUT2D eigenvalue weighted by atomic mass is 16.1. The molecule has 0 fully saturated rings. The molecule has 0 aromatic heterocycles. The van der Waals surface area contributed by atoms with Gasteiger partial charge in [0.05, 0.1) is 5.54 Å². The molecule has 0 saturated carbocycles. The number of hydrogen-bond acceptors (Lipinski definition) is 3. The zero-order valence-corrected chi connectivity index (χ0v) is 18.6. The lowest BCUT2D eigenvalue weighted by Gasteiger charge is -2.42. The minimum Gasteiger partial charge on any atom is -0.363 e. The van der Waals surface area contributed by atoms with Crippen molar-refractivity contribution in [1.29, 1.82) is 5.26 Å². The molecular weight excluding hydrogens is 370 g/mol. The molecular formula is C26H29N3O. The number of nitrogens with one attached hydrogen (secondary N) is 1. The molecule has 154 valence electrons. The number of carbonyl (C=O) groups excluding carboxylic acids is 1. The van der Waals surface area contributed by atoms with Crippen LogP contribution in [0.15, 0.2) is 48.0 Å². The largest absolute Gasteiger partial charge is 0.363 e. The molecule has 2 aromatic carbocycles. The Morgan fingerprint density at radius 2 is 1.87 bits per heavy atom. The first-order valence-electron chi connectivity index (χ1n) is 10.3. The Balaban J connectivity index is 1.91. The molecule has 0 bridgehead atoms. The van der Waals surface area contributed by atoms with Gasteiger partial charge in [-0.2, -0.15) is 5.26 Å². The van der Waals surface area contributed by atoms with E-state index in [0.29, 0.717) is 5.69 Å². The lowest BCUT2D eigenvalue weighted by molar-refractivity contribution is -0.112. The molecule has 0 aliphatic carbocycles. The van der Waals surface area contributed by atoms with Gasteiger partial charge in [-0.1, -0.05) is 18.2 Å². The normalized spacial score (nSPS) is 15.2. The van der Waals surface area contributed by atoms with Crippen LogP contribution in [0.25, 0.3) is 11.6 Å². The summed E-state index contributed by atoms with van der Waals surface area (Å²) in [4.78, 5) is 15.0. The summed E-state index contributed by atoms with van der Waals surface area (Å²) in [6.07, 6.45) is 3.92. The fourth-order valence-corrected chi connectivity index (χ4v) is 4.10. The van der Waals surface area contributed by atoms with E-state index in [-0.39, 0.29) is 11.1 Å². The Kier molecular flexibility index (Phi) is 5.85. The van der Waals surface area contributed by atoms with Gasteiger partial charge in [-0.25, -0.2) is 0 Å². The van der Waals surface area contributed by atoms with Crippen molar-refractivity contribution in [3.8, 4) is 6.07 Å². The first kappa shape index (κ1) is 21.4. The number of rotatable bonds is 4. The number of anilines is 2. The number of carbonyl (C=O) groups is 1. The average molecular weight is 400 g/mol. The molecule has 1 aliphatic rings. The van der Waals surface area contributed by atoms with Crippen LogP contribution in [0.4, 0.5) is 11.4 Å². The first-order chi connectivity index (χ1) is 14.2. The second-order valence-corrected chi connectivity index (χ2v) is 8.42. The van der Waals surface area contributed by atoms with Gasteiger partial charge in [0.2, 0.25) is 0 Å². The third-order valence-corrected chi connectivity index (χ3v) is 5.76. The number of likely N-dealkylation sites (N-methyl/N-ethyl adjacent to an activating group) is 1. The molecule has 1 aliphatic heterocycles. The van der Waals surface area contributed by atoms with Crippen LogP contribution >= 0.6 is 0 Å². The Morgan fingerprint density at radius 3 is 2.50 bits per heavy atom. The Morgan fingerprint density at radius 1 is 1.13 bits per heavy atom. The number of aryl methyl sites for hydroxylation is 2. The molecule has 4 nitrogen and oxygen atoms in total. The molecule has 0 spiro atoms. The summed E-state index contributed by atoms with van der Waals surface area (Å²) < 4.78 is 0. The molecule has 0 unspecified atom stereocenters. The summed E-state index contributed by atoms with van der Waals surface area (Å²) in [6.45, 7) is 13.6. The molecule has 1 amide bonds. The third kappa shape index (κ3) is 4.16. The van der Waals surface area contributed by atoms with Crippen molar-refractivity contribution in [3.63, 3.8) is 0 Å². The second-order valence-electron chi connectivity index (χ2n) is 8.42. The highest BCUT2D eigenvalue weighted by Gasteiger charge is 2.30. The molecule has 1 N–H and O–H groups in total. The van der Waals surface area contributed by atoms with Crippen molar-refractivity contribution >= 4 is 28.9 Å². The molecule has 0 radical (unpaired) electrons. The van der Waals surface area contributed by atoms with E-state index in [0.717, 1.165) is 28.8 Å². The highest BCUT2D eigenvalue weighted by Crippen LogP contribution is 2.39. The van der Waals surface area contributed by atoms with Crippen molar-refractivity contribution in [1.82, 2.24) is 0 Å². The number of fused-ring (bicyclic) bond motifs is 1. The number of nitriles is 1. The standard InChI is InChI=1S/C26H29N3O/c1-7-29-24-11-9-20(14-23(24)19(4)15-26(29,5)6)13-21(16-27)25(30)28-22-10-8-17(2)18(3)12-22/h8-15H,7H2,1-6H3,(H,28,30)/b21-13+. The predicted molar refractivity (Wildman–Crippen MR) is 125 cm³/mol. The zero-order valence-electron chi connectivity index (χ0n) is 18.6. The number of hydrogen-bond donors (Lipinski definition) is 1. The molecule has 0 atom stereocenters. The Hall–Kier alpha value is -3.32. The summed E-state index contributed by atoms with van der Waals surface area (Å²) >= 11 is 0. The number of benzene rings is 2. The van der Waals surface area contributed by atoms with Crippen molar-refractivity contribution in [2.24, 2.45) is 0 Å². The molecule has 3 rings (SSSR count). The van der Waals surface area contributed by atoms with Gasteiger partial charge in [0.1, 0.15) is 11.6 Å². The van der Waals surface area contributed by atoms with Crippen LogP contribution in [-0.4, -0.2) is 18.0 Å². The van der Waals surface area contributed by atoms with E-state index < -0.39 is 5.91 Å². The van der Waals surface area contributed by atoms with Gasteiger partial charge in [0.15, 0.2) is 0 Å². The maximum absolute atomic E-state index is 12.7. The molecule has 2 aromatic rings. The fraction of sp³-hybridized carbons (Fsp3) is 0.308. The molecule has 4 heteroatoms. The number of allylic oxidation sites excluding steroid dienone is 1. The van der Waals surface area contributed by atoms with Gasteiger partial charge in [0, 0.05) is 23.5 Å². The van der Waals surface area contributed by atoms with E-state index in [2.05, 4.69) is 56.1 Å². The average Bonchev–Trinajstić information content (AvgIpc) is 2.68. The van der Waals surface area contributed by atoms with Crippen LogP contribution in [-0.2, 0) is 4.79 Å². The lowest BCUT2D eigenvalue weighted by atomic mass is 9.88. The smallest absolute Gasteiger partial charge is 0.266 e. The molecule has 0 saturated heterocycles. The predicted octanol–water partition coefficient (Wildman–Crippen LogP) is 5.87. The quantitative estimate of drug-likeness (QED) is 0.517. The van der Waals surface area contributed by atoms with E-state index in [9.17, 15) is 10.1 Å². The summed E-state index contributed by atoms with van der Waals surface area (Å²) in [5, 5.41) is 12.4. The topological polar surface area (TPSA) is 56.1 Å². The molecule has 30 heavy (non-hydrogen) atoms. The number of nitrogens with zero attached hydrogens (tertiary/aromatic N) is 2. The van der Waals surface area contributed by atoms with E-state index in [4.69, 9.17) is 0 Å². The Bertz CT molecular complexity index is 1100. The van der Waals surface area contributed by atoms with E-state index >= 15 is 0 Å². The van der Waals surface area contributed by atoms with Crippen LogP contribution in [0.5, 0.6) is 0 Å². The van der Waals surface area contributed by atoms with Crippen LogP contribution in [0.2, 0.25) is 0 Å². The van der Waals surface area contributed by atoms with Crippen molar-refractivity contribution in [2.45, 2.75) is 47.1 Å². The lowest BCUT2D eigenvalue weighted by Crippen LogP contribution is -2.44. The zero-order chi connectivity index (χ0) is 22.1. The Labute approximate surface area is 179 Å². The fourth-order valence-electron chi connectivity index (χ4n) is 4.10. The maximum Gasteiger partial charge on any atom is 0.266 e. The van der Waals surface area contributed by atoms with Gasteiger partial charge < -0.3 is 10.2 Å². The van der Waals surface area contributed by atoms with Crippen molar-refractivity contribution < 1.29 is 4.79 Å². The van der Waals surface area contributed by atoms with Gasteiger partial charge in [0.25, 0.3) is 5.91 Å². The van der Waals surface area contributed by atoms with Gasteiger partial charge >= 0.3 is 0 Å². The van der Waals surface area contributed by atoms with E-state index in [1.165, 1.54) is 11.3 Å². The summed E-state index contributed by atoms with van der Waals surface area (Å²) in [7, 11) is 0. The van der Waals surface area contributed by atoms with Crippen molar-refractivity contribution in [2.75, 3.05) is 16.8 Å². The summed E-state index contributed by atoms with van der Waals surface area (Å²) in [5.41, 5.74) is 7.33. The third-order valence-electron chi connectivity index (χ3n) is 5.76. The summed E-state index contributed by atoms with van der Waals surface area (Å²) in [6, 6.07) is 13.9. The maximum atomic E-state index is 12.7. The van der Waals surface area contributed by atoms with Crippen LogP contribution < -0.4 is 10.2 Å². The van der Waals surface area contributed by atoms with Crippen LogP contribution in [0, 0.1) is 25.2 Å². The van der Waals surface area contributed by atoms with Crippen molar-refractivity contribution in [3.05, 3.63) is 70.3 Å². The second kappa shape index (κ2) is 8.20. The van der Waals surface area contributed by atoms with E-state index in [1.807, 2.05) is 44.2 Å². The molecule has 1 heterocycles. The van der Waals surface area contributed by atoms with E-state index in [1.54, 1.807) is 6.08 Å². The minimum atomic E-state index is -0.401. The first-order valence-corrected chi connectivity index (χ1v) is 10.3.